The van der Waals surface area contributed by atoms with Crippen LogP contribution in [0.5, 0.6) is 0 Å². The Morgan fingerprint density at radius 2 is 1.57 bits per heavy atom. The monoisotopic (exact) mass is 392 g/mol. The minimum absolute atomic E-state index is 0.0637. The normalized spacial score (nSPS) is 11.1. The molecule has 5 aromatic rings. The van der Waals surface area contributed by atoms with E-state index in [9.17, 15) is 4.79 Å². The van der Waals surface area contributed by atoms with Gasteiger partial charge in [-0.2, -0.15) is 0 Å². The van der Waals surface area contributed by atoms with E-state index in [-0.39, 0.29) is 5.91 Å². The molecule has 0 aliphatic carbocycles. The molecule has 2 aromatic heterocycles. The molecule has 5 nitrogen and oxygen atoms in total. The van der Waals surface area contributed by atoms with Crippen LogP contribution in [0.1, 0.15) is 16.2 Å². The number of aromatic nitrogens is 3. The maximum atomic E-state index is 13.4. The summed E-state index contributed by atoms with van der Waals surface area (Å²) in [7, 11) is 1.80. The zero-order chi connectivity index (χ0) is 20.5. The van der Waals surface area contributed by atoms with Crippen molar-refractivity contribution in [3.05, 3.63) is 96.3 Å². The number of carbonyl (C=O) groups excluding carboxylic acids is 1. The van der Waals surface area contributed by atoms with Crippen molar-refractivity contribution in [1.29, 1.82) is 0 Å². The third-order valence-corrected chi connectivity index (χ3v) is 5.19. The van der Waals surface area contributed by atoms with Crippen LogP contribution < -0.4 is 0 Å². The summed E-state index contributed by atoms with van der Waals surface area (Å²) in [6.07, 6.45) is 0. The van der Waals surface area contributed by atoms with Gasteiger partial charge in [-0.3, -0.25) is 4.79 Å². The van der Waals surface area contributed by atoms with Crippen molar-refractivity contribution in [2.45, 2.75) is 6.54 Å². The molecule has 30 heavy (non-hydrogen) atoms. The second kappa shape index (κ2) is 7.44. The standard InChI is InChI=1S/C25H20N4O/c1-29(16-24-27-21-13-7-8-14-22(21)28-24)25(30)19-15-23(17-9-3-2-4-10-17)26-20-12-6-5-11-18(19)20/h2-15H,16H2,1H3,(H,27,28). The first-order valence-corrected chi connectivity index (χ1v) is 9.83. The molecular formula is C25H20N4O. The molecule has 5 rings (SSSR count). The fourth-order valence-corrected chi connectivity index (χ4v) is 3.69. The summed E-state index contributed by atoms with van der Waals surface area (Å²) in [4.78, 5) is 27.8. The minimum Gasteiger partial charge on any atom is -0.340 e. The van der Waals surface area contributed by atoms with Crippen molar-refractivity contribution in [3.63, 3.8) is 0 Å². The van der Waals surface area contributed by atoms with Crippen LogP contribution in [0.25, 0.3) is 33.2 Å². The molecular weight excluding hydrogens is 372 g/mol. The number of imidazole rings is 1. The van der Waals surface area contributed by atoms with Crippen molar-refractivity contribution >= 4 is 27.8 Å². The molecule has 0 fully saturated rings. The molecule has 5 heteroatoms. The van der Waals surface area contributed by atoms with Crippen molar-refractivity contribution in [1.82, 2.24) is 19.9 Å². The maximum absolute atomic E-state index is 13.4. The Balaban J connectivity index is 1.53. The van der Waals surface area contributed by atoms with Gasteiger partial charge < -0.3 is 9.88 Å². The molecule has 0 atom stereocenters. The molecule has 0 unspecified atom stereocenters. The Hall–Kier alpha value is -3.99. The number of pyridine rings is 1. The van der Waals surface area contributed by atoms with E-state index in [0.717, 1.165) is 39.0 Å². The summed E-state index contributed by atoms with van der Waals surface area (Å²) in [6, 6.07) is 27.4. The highest BCUT2D eigenvalue weighted by atomic mass is 16.2. The van der Waals surface area contributed by atoms with Crippen LogP contribution in [0.4, 0.5) is 0 Å². The summed E-state index contributed by atoms with van der Waals surface area (Å²) in [5, 5.41) is 0.846. The van der Waals surface area contributed by atoms with E-state index in [1.54, 1.807) is 11.9 Å². The fourth-order valence-electron chi connectivity index (χ4n) is 3.69. The minimum atomic E-state index is -0.0637. The van der Waals surface area contributed by atoms with E-state index >= 15 is 0 Å². The van der Waals surface area contributed by atoms with Crippen LogP contribution in [-0.2, 0) is 6.54 Å². The van der Waals surface area contributed by atoms with Crippen molar-refractivity contribution < 1.29 is 4.79 Å². The fraction of sp³-hybridized carbons (Fsp3) is 0.0800. The third kappa shape index (κ3) is 3.31. The largest absolute Gasteiger partial charge is 0.340 e. The van der Waals surface area contributed by atoms with Crippen LogP contribution in [0.15, 0.2) is 84.9 Å². The number of amides is 1. The zero-order valence-electron chi connectivity index (χ0n) is 16.5. The number of hydrogen-bond donors (Lipinski definition) is 1. The molecule has 0 aliphatic heterocycles. The highest BCUT2D eigenvalue weighted by Crippen LogP contribution is 2.26. The molecule has 0 saturated heterocycles. The molecule has 0 aliphatic rings. The number of rotatable bonds is 4. The summed E-state index contributed by atoms with van der Waals surface area (Å²) >= 11 is 0. The van der Waals surface area contributed by atoms with Crippen LogP contribution in [0.2, 0.25) is 0 Å². The van der Waals surface area contributed by atoms with Gasteiger partial charge in [0, 0.05) is 18.0 Å². The first-order valence-electron chi connectivity index (χ1n) is 9.83. The van der Waals surface area contributed by atoms with Crippen LogP contribution >= 0.6 is 0 Å². The predicted molar refractivity (Wildman–Crippen MR) is 119 cm³/mol. The Labute approximate surface area is 174 Å². The Morgan fingerprint density at radius 3 is 2.37 bits per heavy atom. The number of para-hydroxylation sites is 3. The number of carbonyl (C=O) groups is 1. The van der Waals surface area contributed by atoms with Crippen LogP contribution in [-0.4, -0.2) is 32.8 Å². The van der Waals surface area contributed by atoms with Gasteiger partial charge in [-0.15, -0.1) is 0 Å². The molecule has 1 N–H and O–H groups in total. The van der Waals surface area contributed by atoms with Gasteiger partial charge in [0.05, 0.1) is 34.4 Å². The van der Waals surface area contributed by atoms with Crippen molar-refractivity contribution in [2.24, 2.45) is 0 Å². The molecule has 2 heterocycles. The lowest BCUT2D eigenvalue weighted by Crippen LogP contribution is -2.27. The van der Waals surface area contributed by atoms with Gasteiger partial charge >= 0.3 is 0 Å². The topological polar surface area (TPSA) is 61.9 Å². The SMILES string of the molecule is CN(Cc1nc2ccccc2[nH]1)C(=O)c1cc(-c2ccccc2)nc2ccccc12. The summed E-state index contributed by atoms with van der Waals surface area (Å²) in [5.74, 6) is 0.694. The number of aromatic amines is 1. The lowest BCUT2D eigenvalue weighted by Gasteiger charge is -2.18. The molecule has 3 aromatic carbocycles. The van der Waals surface area contributed by atoms with Gasteiger partial charge in [0.15, 0.2) is 0 Å². The Morgan fingerprint density at radius 1 is 0.867 bits per heavy atom. The van der Waals surface area contributed by atoms with E-state index in [2.05, 4.69) is 9.97 Å². The van der Waals surface area contributed by atoms with E-state index in [4.69, 9.17) is 4.98 Å². The first-order chi connectivity index (χ1) is 14.7. The number of benzene rings is 3. The van der Waals surface area contributed by atoms with Gasteiger partial charge in [-0.05, 0) is 24.3 Å². The molecule has 0 bridgehead atoms. The van der Waals surface area contributed by atoms with E-state index < -0.39 is 0 Å². The van der Waals surface area contributed by atoms with E-state index in [1.165, 1.54) is 0 Å². The van der Waals surface area contributed by atoms with E-state index in [1.807, 2.05) is 84.9 Å². The Bertz CT molecular complexity index is 1320. The van der Waals surface area contributed by atoms with Gasteiger partial charge in [-0.1, -0.05) is 60.7 Å². The van der Waals surface area contributed by atoms with Gasteiger partial charge in [-0.25, -0.2) is 9.97 Å². The molecule has 1 amide bonds. The molecule has 146 valence electrons. The Kier molecular flexibility index (Phi) is 4.48. The molecule has 0 saturated carbocycles. The second-order valence-electron chi connectivity index (χ2n) is 7.30. The second-order valence-corrected chi connectivity index (χ2v) is 7.30. The van der Waals surface area contributed by atoms with E-state index in [0.29, 0.717) is 12.1 Å². The molecule has 0 radical (unpaired) electrons. The van der Waals surface area contributed by atoms with Crippen molar-refractivity contribution in [3.8, 4) is 11.3 Å². The number of fused-ring (bicyclic) bond motifs is 2. The summed E-state index contributed by atoms with van der Waals surface area (Å²) < 4.78 is 0. The lowest BCUT2D eigenvalue weighted by atomic mass is 10.0. The first kappa shape index (κ1) is 18.1. The van der Waals surface area contributed by atoms with Gasteiger partial charge in [0.25, 0.3) is 5.91 Å². The summed E-state index contributed by atoms with van der Waals surface area (Å²) in [6.45, 7) is 0.394. The number of nitrogens with zero attached hydrogens (tertiary/aromatic N) is 3. The molecule has 0 spiro atoms. The van der Waals surface area contributed by atoms with Crippen LogP contribution in [0.3, 0.4) is 0 Å². The third-order valence-electron chi connectivity index (χ3n) is 5.19. The summed E-state index contributed by atoms with van der Waals surface area (Å²) in [5.41, 5.74) is 5.08. The lowest BCUT2D eigenvalue weighted by molar-refractivity contribution is 0.0784. The highest BCUT2D eigenvalue weighted by molar-refractivity contribution is 6.07. The van der Waals surface area contributed by atoms with Crippen molar-refractivity contribution in [2.75, 3.05) is 7.05 Å². The van der Waals surface area contributed by atoms with Gasteiger partial charge in [0.1, 0.15) is 5.82 Å². The number of hydrogen-bond acceptors (Lipinski definition) is 3. The average Bonchev–Trinajstić information content (AvgIpc) is 3.20. The smallest absolute Gasteiger partial charge is 0.254 e. The maximum Gasteiger partial charge on any atom is 0.254 e. The number of H-pyrrole nitrogens is 1. The highest BCUT2D eigenvalue weighted by Gasteiger charge is 2.18. The number of nitrogens with one attached hydrogen (secondary N) is 1. The zero-order valence-corrected chi connectivity index (χ0v) is 16.5. The quantitative estimate of drug-likeness (QED) is 0.465. The van der Waals surface area contributed by atoms with Crippen LogP contribution in [0, 0.1) is 0 Å². The predicted octanol–water partition coefficient (Wildman–Crippen LogP) is 5.05. The average molecular weight is 392 g/mol. The van der Waals surface area contributed by atoms with Gasteiger partial charge in [0.2, 0.25) is 0 Å².